The van der Waals surface area contributed by atoms with E-state index in [9.17, 15) is 9.59 Å². The summed E-state index contributed by atoms with van der Waals surface area (Å²) < 4.78 is 0. The summed E-state index contributed by atoms with van der Waals surface area (Å²) in [5.41, 5.74) is 0.943. The number of hydrogen-bond donors (Lipinski definition) is 2. The zero-order valence-corrected chi connectivity index (χ0v) is 16.3. The molecule has 0 fully saturated rings. The van der Waals surface area contributed by atoms with E-state index in [0.29, 0.717) is 33.0 Å². The number of nitrogens with zero attached hydrogens (tertiary/aromatic N) is 1. The van der Waals surface area contributed by atoms with Crippen molar-refractivity contribution in [3.05, 3.63) is 57.5 Å². The number of amides is 2. The molecular weight excluding hydrogens is 397 g/mol. The third-order valence-corrected chi connectivity index (χ3v) is 4.47. The van der Waals surface area contributed by atoms with Gasteiger partial charge in [-0.2, -0.15) is 0 Å². The summed E-state index contributed by atoms with van der Waals surface area (Å²) in [5.74, 6) is -0.450. The van der Waals surface area contributed by atoms with Crippen LogP contribution >= 0.6 is 34.8 Å². The normalized spacial score (nSPS) is 10.7. The molecule has 0 aliphatic heterocycles. The van der Waals surface area contributed by atoms with Crippen molar-refractivity contribution in [1.82, 2.24) is 4.90 Å². The summed E-state index contributed by atoms with van der Waals surface area (Å²) in [4.78, 5) is 25.9. The number of nitrogens with one attached hydrogen (secondary N) is 2. The molecule has 0 radical (unpaired) electrons. The molecule has 8 heteroatoms. The molecule has 0 atom stereocenters. The van der Waals surface area contributed by atoms with Crippen molar-refractivity contribution in [1.29, 1.82) is 0 Å². The number of likely N-dealkylation sites (N-methyl/N-ethyl adjacent to an activating group) is 1. The summed E-state index contributed by atoms with van der Waals surface area (Å²) in [6, 6.07) is 12.0. The lowest BCUT2D eigenvalue weighted by atomic mass is 10.3. The van der Waals surface area contributed by atoms with Crippen molar-refractivity contribution < 1.29 is 9.59 Å². The molecule has 0 bridgehead atoms. The van der Waals surface area contributed by atoms with Gasteiger partial charge in [-0.15, -0.1) is 0 Å². The summed E-state index contributed by atoms with van der Waals surface area (Å²) in [6.07, 6.45) is 0.224. The van der Waals surface area contributed by atoms with Crippen LogP contribution in [0.1, 0.15) is 6.42 Å². The zero-order valence-electron chi connectivity index (χ0n) is 14.1. The van der Waals surface area contributed by atoms with E-state index in [1.807, 2.05) is 0 Å². The van der Waals surface area contributed by atoms with E-state index in [0.717, 1.165) is 0 Å². The first kappa shape index (κ1) is 20.5. The molecule has 138 valence electrons. The van der Waals surface area contributed by atoms with Crippen molar-refractivity contribution in [3.63, 3.8) is 0 Å². The predicted molar refractivity (Wildman–Crippen MR) is 107 cm³/mol. The molecule has 5 nitrogen and oxygen atoms in total. The monoisotopic (exact) mass is 413 g/mol. The number of carbonyl (C=O) groups is 2. The van der Waals surface area contributed by atoms with Crippen LogP contribution in [0.2, 0.25) is 15.1 Å². The van der Waals surface area contributed by atoms with Gasteiger partial charge in [0.1, 0.15) is 0 Å². The highest BCUT2D eigenvalue weighted by Gasteiger charge is 2.13. The molecule has 0 spiro atoms. The van der Waals surface area contributed by atoms with Crippen molar-refractivity contribution in [2.24, 2.45) is 0 Å². The van der Waals surface area contributed by atoms with Gasteiger partial charge >= 0.3 is 0 Å². The van der Waals surface area contributed by atoms with Crippen LogP contribution in [0.3, 0.4) is 0 Å². The van der Waals surface area contributed by atoms with Crippen LogP contribution in [0.4, 0.5) is 11.4 Å². The van der Waals surface area contributed by atoms with E-state index in [1.165, 1.54) is 0 Å². The Morgan fingerprint density at radius 2 is 1.50 bits per heavy atom. The number of rotatable bonds is 7. The van der Waals surface area contributed by atoms with Crippen molar-refractivity contribution in [2.45, 2.75) is 6.42 Å². The molecule has 0 unspecified atom stereocenters. The van der Waals surface area contributed by atoms with Gasteiger partial charge in [0.25, 0.3) is 0 Å². The molecular formula is C18H18Cl3N3O2. The minimum Gasteiger partial charge on any atom is -0.325 e. The Labute approximate surface area is 167 Å². The molecule has 0 saturated heterocycles. The molecule has 2 amide bonds. The Morgan fingerprint density at radius 1 is 0.885 bits per heavy atom. The summed E-state index contributed by atoms with van der Waals surface area (Å²) >= 11 is 18.1. The molecule has 2 rings (SSSR count). The van der Waals surface area contributed by atoms with Crippen molar-refractivity contribution >= 4 is 58.0 Å². The van der Waals surface area contributed by atoms with Crippen molar-refractivity contribution in [3.8, 4) is 0 Å². The lowest BCUT2D eigenvalue weighted by Crippen LogP contribution is -2.32. The van der Waals surface area contributed by atoms with E-state index in [2.05, 4.69) is 10.6 Å². The number of para-hydroxylation sites is 2. The van der Waals surface area contributed by atoms with Gasteiger partial charge in [0.2, 0.25) is 11.8 Å². The van der Waals surface area contributed by atoms with Crippen LogP contribution in [0, 0.1) is 0 Å². The number of hydrogen-bond acceptors (Lipinski definition) is 3. The van der Waals surface area contributed by atoms with Gasteiger partial charge in [0.05, 0.1) is 33.0 Å². The van der Waals surface area contributed by atoms with Crippen LogP contribution in [-0.2, 0) is 9.59 Å². The Bertz CT molecular complexity index is 779. The van der Waals surface area contributed by atoms with Crippen LogP contribution in [0.25, 0.3) is 0 Å². The van der Waals surface area contributed by atoms with Gasteiger partial charge < -0.3 is 10.6 Å². The van der Waals surface area contributed by atoms with E-state index < -0.39 is 0 Å². The molecule has 0 aliphatic rings. The van der Waals surface area contributed by atoms with Crippen molar-refractivity contribution in [2.75, 3.05) is 30.8 Å². The molecule has 0 saturated carbocycles. The molecule has 2 aromatic carbocycles. The minimum atomic E-state index is -0.269. The first-order valence-electron chi connectivity index (χ1n) is 7.83. The second kappa shape index (κ2) is 9.78. The highest BCUT2D eigenvalue weighted by atomic mass is 35.5. The lowest BCUT2D eigenvalue weighted by Gasteiger charge is -2.17. The molecule has 0 aromatic heterocycles. The molecule has 26 heavy (non-hydrogen) atoms. The van der Waals surface area contributed by atoms with E-state index in [-0.39, 0.29) is 24.8 Å². The molecule has 0 aliphatic carbocycles. The fourth-order valence-electron chi connectivity index (χ4n) is 2.19. The third-order valence-electron chi connectivity index (χ3n) is 3.51. The Balaban J connectivity index is 1.79. The van der Waals surface area contributed by atoms with Crippen LogP contribution in [-0.4, -0.2) is 36.9 Å². The molecule has 2 aromatic rings. The highest BCUT2D eigenvalue weighted by molar-refractivity contribution is 6.39. The van der Waals surface area contributed by atoms with Crippen LogP contribution < -0.4 is 10.6 Å². The molecule has 0 heterocycles. The SMILES string of the molecule is CN(CCC(=O)Nc1ccccc1Cl)CC(=O)Nc1c(Cl)cccc1Cl. The van der Waals surface area contributed by atoms with Gasteiger partial charge in [-0.1, -0.05) is 53.0 Å². The van der Waals surface area contributed by atoms with E-state index in [1.54, 1.807) is 54.4 Å². The number of benzene rings is 2. The average Bonchev–Trinajstić information content (AvgIpc) is 2.58. The third kappa shape index (κ3) is 6.18. The maximum atomic E-state index is 12.1. The van der Waals surface area contributed by atoms with E-state index >= 15 is 0 Å². The second-order valence-corrected chi connectivity index (χ2v) is 6.88. The van der Waals surface area contributed by atoms with Crippen LogP contribution in [0.15, 0.2) is 42.5 Å². The minimum absolute atomic E-state index is 0.0981. The largest absolute Gasteiger partial charge is 0.325 e. The Kier molecular flexibility index (Phi) is 7.72. The number of halogens is 3. The topological polar surface area (TPSA) is 61.4 Å². The van der Waals surface area contributed by atoms with Gasteiger partial charge in [-0.3, -0.25) is 14.5 Å². The zero-order chi connectivity index (χ0) is 19.1. The Hall–Kier alpha value is -1.79. The highest BCUT2D eigenvalue weighted by Crippen LogP contribution is 2.29. The maximum absolute atomic E-state index is 12.1. The fraction of sp³-hybridized carbons (Fsp3) is 0.222. The fourth-order valence-corrected chi connectivity index (χ4v) is 2.86. The van der Waals surface area contributed by atoms with Gasteiger partial charge in [-0.05, 0) is 31.3 Å². The Morgan fingerprint density at radius 3 is 2.15 bits per heavy atom. The smallest absolute Gasteiger partial charge is 0.238 e. The van der Waals surface area contributed by atoms with E-state index in [4.69, 9.17) is 34.8 Å². The summed E-state index contributed by atoms with van der Waals surface area (Å²) in [6.45, 7) is 0.501. The summed E-state index contributed by atoms with van der Waals surface area (Å²) in [5, 5.41) is 6.64. The predicted octanol–water partition coefficient (Wildman–Crippen LogP) is 4.55. The lowest BCUT2D eigenvalue weighted by molar-refractivity contribution is -0.119. The first-order valence-corrected chi connectivity index (χ1v) is 8.97. The van der Waals surface area contributed by atoms with Gasteiger partial charge in [0.15, 0.2) is 0 Å². The molecule has 2 N–H and O–H groups in total. The quantitative estimate of drug-likeness (QED) is 0.699. The second-order valence-electron chi connectivity index (χ2n) is 5.66. The number of anilines is 2. The number of carbonyl (C=O) groups excluding carboxylic acids is 2. The first-order chi connectivity index (χ1) is 12.4. The average molecular weight is 415 g/mol. The maximum Gasteiger partial charge on any atom is 0.238 e. The van der Waals surface area contributed by atoms with Gasteiger partial charge in [0, 0.05) is 13.0 Å². The standard InChI is InChI=1S/C18H18Cl3N3O2/c1-24(10-9-16(25)22-15-8-3-2-5-12(15)19)11-17(26)23-18-13(20)6-4-7-14(18)21/h2-8H,9-11H2,1H3,(H,22,25)(H,23,26). The van der Waals surface area contributed by atoms with Crippen LogP contribution in [0.5, 0.6) is 0 Å². The van der Waals surface area contributed by atoms with Gasteiger partial charge in [-0.25, -0.2) is 0 Å². The summed E-state index contributed by atoms with van der Waals surface area (Å²) in [7, 11) is 1.75.